The van der Waals surface area contributed by atoms with E-state index in [0.717, 1.165) is 5.70 Å². The molecule has 1 aliphatic carbocycles. The van der Waals surface area contributed by atoms with E-state index in [-0.39, 0.29) is 5.83 Å². The number of hydrazine groups is 1. The first-order valence-electron chi connectivity index (χ1n) is 4.57. The van der Waals surface area contributed by atoms with Crippen LogP contribution in [0.3, 0.4) is 0 Å². The number of nitrogens with two attached hydrogens (primary N) is 1. The monoisotopic (exact) mass is 184 g/mol. The molecule has 0 aliphatic heterocycles. The van der Waals surface area contributed by atoms with E-state index in [1.807, 2.05) is 13.0 Å². The van der Waals surface area contributed by atoms with Crippen LogP contribution in [0.25, 0.3) is 0 Å². The Balaban J connectivity index is 2.91. The van der Waals surface area contributed by atoms with Crippen molar-refractivity contribution in [3.05, 3.63) is 23.7 Å². The van der Waals surface area contributed by atoms with Crippen LogP contribution < -0.4 is 5.84 Å². The van der Waals surface area contributed by atoms with Crippen LogP contribution in [0.5, 0.6) is 0 Å². The van der Waals surface area contributed by atoms with E-state index >= 15 is 0 Å². The lowest BCUT2D eigenvalue weighted by Crippen LogP contribution is -2.24. The number of likely N-dealkylation sites (N-methyl/N-ethyl adjacent to an activating group) is 1. The molecule has 0 spiro atoms. The molecule has 0 heterocycles. The van der Waals surface area contributed by atoms with Crippen molar-refractivity contribution in [3.63, 3.8) is 0 Å². The molecule has 0 saturated carbocycles. The summed E-state index contributed by atoms with van der Waals surface area (Å²) in [5.41, 5.74) is 0.759. The first kappa shape index (κ1) is 10.3. The Kier molecular flexibility index (Phi) is 3.09. The summed E-state index contributed by atoms with van der Waals surface area (Å²) < 4.78 is 13.2. The highest BCUT2D eigenvalue weighted by Crippen LogP contribution is 2.27. The zero-order valence-electron chi connectivity index (χ0n) is 8.42. The van der Waals surface area contributed by atoms with E-state index in [1.54, 1.807) is 7.05 Å². The van der Waals surface area contributed by atoms with Crippen molar-refractivity contribution in [1.29, 1.82) is 0 Å². The van der Waals surface area contributed by atoms with E-state index in [4.69, 9.17) is 5.84 Å². The Labute approximate surface area is 78.9 Å². The molecule has 0 radical (unpaired) electrons. The maximum absolute atomic E-state index is 13.2. The van der Waals surface area contributed by atoms with Crippen molar-refractivity contribution in [3.8, 4) is 0 Å². The normalized spacial score (nSPS) is 29.0. The smallest absolute Gasteiger partial charge is 0.102 e. The van der Waals surface area contributed by atoms with Crippen LogP contribution in [0.4, 0.5) is 4.39 Å². The SMILES string of the molecule is CC1C=C(N(C)N)C=C(F)C[C@H]1C. The fraction of sp³-hybridized carbons (Fsp3) is 0.600. The highest BCUT2D eigenvalue weighted by Gasteiger charge is 2.17. The zero-order chi connectivity index (χ0) is 10.0. The molecule has 0 aromatic heterocycles. The van der Waals surface area contributed by atoms with Crippen molar-refractivity contribution in [2.75, 3.05) is 7.05 Å². The van der Waals surface area contributed by atoms with Gasteiger partial charge in [0.1, 0.15) is 5.83 Å². The zero-order valence-corrected chi connectivity index (χ0v) is 8.42. The summed E-state index contributed by atoms with van der Waals surface area (Å²) in [7, 11) is 1.72. The fourth-order valence-corrected chi connectivity index (χ4v) is 1.41. The highest BCUT2D eigenvalue weighted by atomic mass is 19.1. The van der Waals surface area contributed by atoms with E-state index in [2.05, 4.69) is 6.92 Å². The van der Waals surface area contributed by atoms with Gasteiger partial charge in [-0.2, -0.15) is 0 Å². The van der Waals surface area contributed by atoms with Gasteiger partial charge >= 0.3 is 0 Å². The number of hydrogen-bond acceptors (Lipinski definition) is 2. The predicted molar refractivity (Wildman–Crippen MR) is 52.2 cm³/mol. The van der Waals surface area contributed by atoms with Gasteiger partial charge in [-0.05, 0) is 17.9 Å². The molecule has 0 saturated heterocycles. The maximum atomic E-state index is 13.2. The van der Waals surface area contributed by atoms with Crippen LogP contribution in [-0.4, -0.2) is 12.1 Å². The van der Waals surface area contributed by atoms with E-state index < -0.39 is 0 Å². The maximum Gasteiger partial charge on any atom is 0.102 e. The lowest BCUT2D eigenvalue weighted by Gasteiger charge is -2.16. The van der Waals surface area contributed by atoms with Gasteiger partial charge in [0.2, 0.25) is 0 Å². The van der Waals surface area contributed by atoms with Crippen LogP contribution in [0.2, 0.25) is 0 Å². The second kappa shape index (κ2) is 3.92. The van der Waals surface area contributed by atoms with Crippen molar-refractivity contribution in [2.24, 2.45) is 17.7 Å². The second-order valence-corrected chi connectivity index (χ2v) is 3.83. The third-order valence-electron chi connectivity index (χ3n) is 2.56. The van der Waals surface area contributed by atoms with Crippen molar-refractivity contribution in [1.82, 2.24) is 5.01 Å². The Morgan fingerprint density at radius 3 is 2.69 bits per heavy atom. The van der Waals surface area contributed by atoms with Crippen LogP contribution in [0.1, 0.15) is 20.3 Å². The number of halogens is 1. The molecule has 1 rings (SSSR count). The molecule has 0 aromatic rings. The predicted octanol–water partition coefficient (Wildman–Crippen LogP) is 2.21. The van der Waals surface area contributed by atoms with Gasteiger partial charge in [0, 0.05) is 13.5 Å². The average molecular weight is 184 g/mol. The molecule has 2 atom stereocenters. The van der Waals surface area contributed by atoms with Crippen molar-refractivity contribution >= 4 is 0 Å². The summed E-state index contributed by atoms with van der Waals surface area (Å²) in [6, 6.07) is 0. The number of rotatable bonds is 1. The molecule has 3 heteroatoms. The van der Waals surface area contributed by atoms with Gasteiger partial charge in [-0.3, -0.25) is 0 Å². The minimum Gasteiger partial charge on any atom is -0.314 e. The molecule has 0 bridgehead atoms. The van der Waals surface area contributed by atoms with Crippen molar-refractivity contribution in [2.45, 2.75) is 20.3 Å². The van der Waals surface area contributed by atoms with E-state index in [9.17, 15) is 4.39 Å². The Morgan fingerprint density at radius 1 is 1.54 bits per heavy atom. The molecular formula is C10H17FN2. The van der Waals surface area contributed by atoms with Gasteiger partial charge < -0.3 is 5.01 Å². The van der Waals surface area contributed by atoms with Gasteiger partial charge in [0.05, 0.1) is 5.70 Å². The molecular weight excluding hydrogens is 167 g/mol. The minimum absolute atomic E-state index is 0.0830. The van der Waals surface area contributed by atoms with E-state index in [1.165, 1.54) is 11.1 Å². The third kappa shape index (κ3) is 2.56. The topological polar surface area (TPSA) is 29.3 Å². The summed E-state index contributed by atoms with van der Waals surface area (Å²) in [5, 5.41) is 1.45. The molecule has 13 heavy (non-hydrogen) atoms. The lowest BCUT2D eigenvalue weighted by molar-refractivity contribution is 0.414. The van der Waals surface area contributed by atoms with Gasteiger partial charge in [-0.15, -0.1) is 0 Å². The quantitative estimate of drug-likeness (QED) is 0.500. The molecule has 0 aromatic carbocycles. The summed E-state index contributed by atoms with van der Waals surface area (Å²) >= 11 is 0. The minimum atomic E-state index is -0.0830. The molecule has 0 amide bonds. The third-order valence-corrected chi connectivity index (χ3v) is 2.56. The first-order chi connectivity index (χ1) is 6.00. The molecule has 2 N–H and O–H groups in total. The number of nitrogens with zero attached hydrogens (tertiary/aromatic N) is 1. The fourth-order valence-electron chi connectivity index (χ4n) is 1.41. The molecule has 0 fully saturated rings. The summed E-state index contributed by atoms with van der Waals surface area (Å²) in [5.74, 6) is 6.18. The Bertz CT molecular complexity index is 243. The summed E-state index contributed by atoms with van der Waals surface area (Å²) in [4.78, 5) is 0. The van der Waals surface area contributed by atoms with Crippen LogP contribution in [0, 0.1) is 11.8 Å². The lowest BCUT2D eigenvalue weighted by atomic mass is 9.93. The number of allylic oxidation sites excluding steroid dienone is 3. The van der Waals surface area contributed by atoms with Gasteiger partial charge in [0.25, 0.3) is 0 Å². The molecule has 2 nitrogen and oxygen atoms in total. The van der Waals surface area contributed by atoms with Crippen LogP contribution in [0.15, 0.2) is 23.7 Å². The van der Waals surface area contributed by atoms with Crippen LogP contribution >= 0.6 is 0 Å². The standard InChI is InChI=1S/C10H17FN2/c1-7-4-9(11)6-10(13(3)12)5-8(7)2/h5-8H,4,12H2,1-3H3/t7-,8?/m1/s1. The highest BCUT2D eigenvalue weighted by molar-refractivity contribution is 5.22. The van der Waals surface area contributed by atoms with E-state index in [0.29, 0.717) is 18.3 Å². The van der Waals surface area contributed by atoms with Crippen LogP contribution in [-0.2, 0) is 0 Å². The first-order valence-corrected chi connectivity index (χ1v) is 4.57. The molecule has 74 valence electrons. The summed E-state index contributed by atoms with van der Waals surface area (Å²) in [6.45, 7) is 4.13. The summed E-state index contributed by atoms with van der Waals surface area (Å²) in [6.07, 6.45) is 4.03. The van der Waals surface area contributed by atoms with Gasteiger partial charge in [-0.25, -0.2) is 10.2 Å². The number of hydrogen-bond donors (Lipinski definition) is 1. The average Bonchev–Trinajstić information content (AvgIpc) is 2.12. The molecule has 1 aliphatic rings. The molecule has 1 unspecified atom stereocenters. The Morgan fingerprint density at radius 2 is 2.15 bits per heavy atom. The van der Waals surface area contributed by atoms with Gasteiger partial charge in [-0.1, -0.05) is 19.9 Å². The largest absolute Gasteiger partial charge is 0.314 e. The van der Waals surface area contributed by atoms with Gasteiger partial charge in [0.15, 0.2) is 0 Å². The Hall–Kier alpha value is -0.830. The second-order valence-electron chi connectivity index (χ2n) is 3.83. The van der Waals surface area contributed by atoms with Crippen molar-refractivity contribution < 1.29 is 4.39 Å².